The monoisotopic (exact) mass is 349 g/mol. The SMILES string of the molecule is O=C(NC[C@@H]1CN[C@H](C(=O)N2CCSC2)C1)OCc1ccccc1. The zero-order valence-corrected chi connectivity index (χ0v) is 14.4. The fraction of sp³-hybridized carbons (Fsp3) is 0.529. The van der Waals surface area contributed by atoms with Crippen LogP contribution in [-0.2, 0) is 16.1 Å². The molecule has 2 aliphatic rings. The predicted molar refractivity (Wildman–Crippen MR) is 93.6 cm³/mol. The highest BCUT2D eigenvalue weighted by Crippen LogP contribution is 2.19. The molecule has 2 aliphatic heterocycles. The lowest BCUT2D eigenvalue weighted by Crippen LogP contribution is -2.42. The molecule has 7 heteroatoms. The predicted octanol–water partition coefficient (Wildman–Crippen LogP) is 1.42. The van der Waals surface area contributed by atoms with Crippen LogP contribution >= 0.6 is 11.8 Å². The van der Waals surface area contributed by atoms with Gasteiger partial charge in [-0.15, -0.1) is 11.8 Å². The molecule has 2 saturated heterocycles. The second-order valence-corrected chi connectivity index (χ2v) is 7.22. The number of hydrogen-bond donors (Lipinski definition) is 2. The van der Waals surface area contributed by atoms with Crippen molar-refractivity contribution in [3.8, 4) is 0 Å². The summed E-state index contributed by atoms with van der Waals surface area (Å²) in [7, 11) is 0. The molecule has 0 aromatic heterocycles. The van der Waals surface area contributed by atoms with Crippen LogP contribution < -0.4 is 10.6 Å². The molecule has 2 fully saturated rings. The molecule has 2 atom stereocenters. The quantitative estimate of drug-likeness (QED) is 0.841. The summed E-state index contributed by atoms with van der Waals surface area (Å²) in [6, 6.07) is 9.47. The summed E-state index contributed by atoms with van der Waals surface area (Å²) in [4.78, 5) is 26.0. The van der Waals surface area contributed by atoms with Crippen molar-refractivity contribution in [1.29, 1.82) is 0 Å². The number of hydrogen-bond acceptors (Lipinski definition) is 5. The maximum atomic E-state index is 12.3. The fourth-order valence-corrected chi connectivity index (χ4v) is 3.92. The van der Waals surface area contributed by atoms with Crippen LogP contribution in [0.1, 0.15) is 12.0 Å². The fourth-order valence-electron chi connectivity index (χ4n) is 2.96. The number of rotatable bonds is 5. The van der Waals surface area contributed by atoms with Gasteiger partial charge in [-0.05, 0) is 17.9 Å². The highest BCUT2D eigenvalue weighted by Gasteiger charge is 2.33. The third-order valence-corrected chi connectivity index (χ3v) is 5.30. The lowest BCUT2D eigenvalue weighted by Gasteiger charge is -2.19. The average Bonchev–Trinajstić information content (AvgIpc) is 3.30. The van der Waals surface area contributed by atoms with Crippen molar-refractivity contribution in [3.05, 3.63) is 35.9 Å². The van der Waals surface area contributed by atoms with Crippen LogP contribution in [0.25, 0.3) is 0 Å². The topological polar surface area (TPSA) is 70.7 Å². The Morgan fingerprint density at radius 2 is 2.17 bits per heavy atom. The lowest BCUT2D eigenvalue weighted by atomic mass is 10.1. The first-order valence-corrected chi connectivity index (χ1v) is 9.42. The van der Waals surface area contributed by atoms with E-state index in [1.165, 1.54) is 0 Å². The molecule has 1 aromatic rings. The molecule has 24 heavy (non-hydrogen) atoms. The molecular formula is C17H23N3O3S. The van der Waals surface area contributed by atoms with Gasteiger partial charge in [-0.25, -0.2) is 4.79 Å². The standard InChI is InChI=1S/C17H23N3O3S/c21-16(20-6-7-24-12-20)15-8-14(9-18-15)10-19-17(22)23-11-13-4-2-1-3-5-13/h1-5,14-15,18H,6-12H2,(H,19,22)/t14-,15-/m0/s1. The summed E-state index contributed by atoms with van der Waals surface area (Å²) in [5.74, 6) is 2.27. The Morgan fingerprint density at radius 3 is 2.92 bits per heavy atom. The number of carbonyl (C=O) groups excluding carboxylic acids is 2. The van der Waals surface area contributed by atoms with E-state index in [1.54, 1.807) is 11.8 Å². The first-order chi connectivity index (χ1) is 11.7. The van der Waals surface area contributed by atoms with Gasteiger partial charge in [-0.1, -0.05) is 30.3 Å². The van der Waals surface area contributed by atoms with Gasteiger partial charge in [0.1, 0.15) is 6.61 Å². The summed E-state index contributed by atoms with van der Waals surface area (Å²) in [6.45, 7) is 2.38. The number of benzene rings is 1. The summed E-state index contributed by atoms with van der Waals surface area (Å²) < 4.78 is 5.20. The molecule has 2 amide bonds. The van der Waals surface area contributed by atoms with Crippen LogP contribution in [0.2, 0.25) is 0 Å². The number of carbonyl (C=O) groups is 2. The molecule has 0 unspecified atom stereocenters. The van der Waals surface area contributed by atoms with Gasteiger partial charge in [0.2, 0.25) is 5.91 Å². The molecule has 2 heterocycles. The van der Waals surface area contributed by atoms with Crippen LogP contribution in [-0.4, -0.2) is 54.2 Å². The van der Waals surface area contributed by atoms with Crippen molar-refractivity contribution in [1.82, 2.24) is 15.5 Å². The minimum Gasteiger partial charge on any atom is -0.445 e. The molecule has 0 spiro atoms. The number of nitrogens with one attached hydrogen (secondary N) is 2. The van der Waals surface area contributed by atoms with E-state index in [2.05, 4.69) is 10.6 Å². The van der Waals surface area contributed by atoms with Crippen molar-refractivity contribution in [2.24, 2.45) is 5.92 Å². The molecule has 0 saturated carbocycles. The van der Waals surface area contributed by atoms with Crippen LogP contribution in [0, 0.1) is 5.92 Å². The zero-order valence-electron chi connectivity index (χ0n) is 13.6. The van der Waals surface area contributed by atoms with Gasteiger partial charge in [0.15, 0.2) is 0 Å². The Balaban J connectivity index is 1.35. The molecule has 130 valence electrons. The van der Waals surface area contributed by atoms with Gasteiger partial charge in [-0.3, -0.25) is 4.79 Å². The Kier molecular flexibility index (Phi) is 5.98. The highest BCUT2D eigenvalue weighted by atomic mass is 32.2. The minimum absolute atomic E-state index is 0.115. The van der Waals surface area contributed by atoms with Crippen molar-refractivity contribution >= 4 is 23.8 Å². The molecule has 2 N–H and O–H groups in total. The minimum atomic E-state index is -0.412. The Bertz CT molecular complexity index is 563. The van der Waals surface area contributed by atoms with Crippen molar-refractivity contribution in [2.45, 2.75) is 19.1 Å². The molecule has 0 radical (unpaired) electrons. The van der Waals surface area contributed by atoms with Gasteiger partial charge < -0.3 is 20.3 Å². The van der Waals surface area contributed by atoms with E-state index in [0.717, 1.165) is 36.7 Å². The third kappa shape index (κ3) is 4.64. The first-order valence-electron chi connectivity index (χ1n) is 8.27. The highest BCUT2D eigenvalue weighted by molar-refractivity contribution is 7.99. The third-order valence-electron chi connectivity index (χ3n) is 4.33. The van der Waals surface area contributed by atoms with E-state index in [-0.39, 0.29) is 24.5 Å². The largest absolute Gasteiger partial charge is 0.445 e. The normalized spacial score (nSPS) is 23.2. The second-order valence-electron chi connectivity index (χ2n) is 6.14. The lowest BCUT2D eigenvalue weighted by molar-refractivity contribution is -0.131. The molecular weight excluding hydrogens is 326 g/mol. The van der Waals surface area contributed by atoms with Crippen LogP contribution in [0.5, 0.6) is 0 Å². The van der Waals surface area contributed by atoms with Crippen molar-refractivity contribution in [2.75, 3.05) is 31.3 Å². The van der Waals surface area contributed by atoms with Crippen molar-refractivity contribution < 1.29 is 14.3 Å². The van der Waals surface area contributed by atoms with Crippen molar-refractivity contribution in [3.63, 3.8) is 0 Å². The number of alkyl carbamates (subject to hydrolysis) is 1. The van der Waals surface area contributed by atoms with E-state index in [4.69, 9.17) is 4.74 Å². The van der Waals surface area contributed by atoms with E-state index < -0.39 is 6.09 Å². The summed E-state index contributed by atoms with van der Waals surface area (Å²) >= 11 is 1.79. The molecule has 0 bridgehead atoms. The smallest absolute Gasteiger partial charge is 0.407 e. The molecule has 1 aromatic carbocycles. The van der Waals surface area contributed by atoms with E-state index in [1.807, 2.05) is 35.2 Å². The number of thioether (sulfide) groups is 1. The average molecular weight is 349 g/mol. The Labute approximate surface area is 146 Å². The maximum absolute atomic E-state index is 12.3. The summed E-state index contributed by atoms with van der Waals surface area (Å²) in [6.07, 6.45) is 0.350. The number of amides is 2. The molecule has 6 nitrogen and oxygen atoms in total. The Morgan fingerprint density at radius 1 is 1.33 bits per heavy atom. The van der Waals surface area contributed by atoms with Crippen LogP contribution in [0.3, 0.4) is 0 Å². The zero-order chi connectivity index (χ0) is 16.8. The van der Waals surface area contributed by atoms with E-state index in [9.17, 15) is 9.59 Å². The summed E-state index contributed by atoms with van der Waals surface area (Å²) in [5.41, 5.74) is 0.962. The van der Waals surface area contributed by atoms with Gasteiger partial charge in [0.25, 0.3) is 0 Å². The van der Waals surface area contributed by atoms with Crippen LogP contribution in [0.4, 0.5) is 4.79 Å². The number of nitrogens with zero attached hydrogens (tertiary/aromatic N) is 1. The second kappa shape index (κ2) is 8.39. The number of ether oxygens (including phenoxy) is 1. The van der Waals surface area contributed by atoms with Gasteiger partial charge in [0, 0.05) is 25.4 Å². The van der Waals surface area contributed by atoms with Gasteiger partial charge >= 0.3 is 6.09 Å². The van der Waals surface area contributed by atoms with E-state index in [0.29, 0.717) is 6.54 Å². The van der Waals surface area contributed by atoms with Gasteiger partial charge in [-0.2, -0.15) is 0 Å². The summed E-state index contributed by atoms with van der Waals surface area (Å²) in [5, 5.41) is 6.07. The maximum Gasteiger partial charge on any atom is 0.407 e. The van der Waals surface area contributed by atoms with E-state index >= 15 is 0 Å². The van der Waals surface area contributed by atoms with Gasteiger partial charge in [0.05, 0.1) is 11.9 Å². The molecule has 0 aliphatic carbocycles. The molecule has 3 rings (SSSR count). The first kappa shape index (κ1) is 17.1. The van der Waals surface area contributed by atoms with Crippen LogP contribution in [0.15, 0.2) is 30.3 Å². The Hall–Kier alpha value is -1.73.